The number of rotatable bonds is 5. The van der Waals surface area contributed by atoms with Gasteiger partial charge in [-0.2, -0.15) is 0 Å². The fourth-order valence-electron chi connectivity index (χ4n) is 4.49. The van der Waals surface area contributed by atoms with Crippen molar-refractivity contribution in [3.8, 4) is 0 Å². The highest BCUT2D eigenvalue weighted by atomic mass is 31.2. The van der Waals surface area contributed by atoms with Crippen molar-refractivity contribution in [2.45, 2.75) is 102 Å². The Morgan fingerprint density at radius 3 is 1.58 bits per heavy atom. The summed E-state index contributed by atoms with van der Waals surface area (Å²) >= 11 is 0. The van der Waals surface area contributed by atoms with Gasteiger partial charge in [-0.3, -0.25) is 0 Å². The van der Waals surface area contributed by atoms with Gasteiger partial charge in [-0.15, -0.1) is 0 Å². The van der Waals surface area contributed by atoms with Crippen LogP contribution in [0.3, 0.4) is 0 Å². The molecule has 19 heavy (non-hydrogen) atoms. The fourth-order valence-corrected chi connectivity index (χ4v) is 9.88. The summed E-state index contributed by atoms with van der Waals surface area (Å²) in [4.78, 5) is 0. The van der Waals surface area contributed by atoms with Gasteiger partial charge >= 0.3 is 0 Å². The largest absolute Gasteiger partial charge is 0.235 e. The Morgan fingerprint density at radius 1 is 0.842 bits per heavy atom. The molecule has 0 heterocycles. The predicted octanol–water partition coefficient (Wildman–Crippen LogP) is 6.03. The first-order valence-electron chi connectivity index (χ1n) is 8.75. The van der Waals surface area contributed by atoms with Crippen LogP contribution in [-0.4, -0.2) is 23.6 Å². The molecular weight excluding hydrogens is 251 g/mol. The molecule has 112 valence electrons. The van der Waals surface area contributed by atoms with E-state index in [4.69, 9.17) is 4.52 Å². The van der Waals surface area contributed by atoms with Gasteiger partial charge in [0, 0.05) is 0 Å². The van der Waals surface area contributed by atoms with Gasteiger partial charge in [0.15, 0.2) is 7.49 Å². The molecule has 2 heteroatoms. The third kappa shape index (κ3) is 3.73. The van der Waals surface area contributed by atoms with E-state index in [0.717, 1.165) is 11.3 Å². The van der Waals surface area contributed by atoms with E-state index in [2.05, 4.69) is 20.8 Å². The van der Waals surface area contributed by atoms with Crippen molar-refractivity contribution in [3.05, 3.63) is 0 Å². The molecule has 1 nitrogen and oxygen atoms in total. The van der Waals surface area contributed by atoms with Crippen molar-refractivity contribution < 1.29 is 4.52 Å². The molecule has 2 fully saturated rings. The van der Waals surface area contributed by atoms with Crippen molar-refractivity contribution in [1.29, 1.82) is 0 Å². The van der Waals surface area contributed by atoms with Crippen LogP contribution in [0.2, 0.25) is 0 Å². The lowest BCUT2D eigenvalue weighted by atomic mass is 9.99. The fraction of sp³-hybridized carbons (Fsp3) is 1.00. The van der Waals surface area contributed by atoms with E-state index in [1.807, 2.05) is 0 Å². The summed E-state index contributed by atoms with van der Waals surface area (Å²) < 4.78 is 6.78. The monoisotopic (exact) mass is 285 g/mol. The van der Waals surface area contributed by atoms with Gasteiger partial charge in [-0.05, 0) is 72.1 Å². The Kier molecular flexibility index (Phi) is 6.15. The van der Waals surface area contributed by atoms with E-state index in [0.29, 0.717) is 6.10 Å². The average Bonchev–Trinajstić information content (AvgIpc) is 2.46. The molecule has 0 aromatic heterocycles. The zero-order valence-electron chi connectivity index (χ0n) is 13.4. The lowest BCUT2D eigenvalue weighted by molar-refractivity contribution is 0.242. The second kappa shape index (κ2) is 7.41. The molecule has 0 unspecified atom stereocenters. The summed E-state index contributed by atoms with van der Waals surface area (Å²) in [6.45, 7) is 6.95. The first-order chi connectivity index (χ1) is 9.19. The van der Waals surface area contributed by atoms with E-state index in [-0.39, 0.29) is 0 Å². The van der Waals surface area contributed by atoms with E-state index in [1.54, 1.807) is 0 Å². The third-order valence-electron chi connectivity index (χ3n) is 5.29. The van der Waals surface area contributed by atoms with Gasteiger partial charge in [0.05, 0.1) is 23.6 Å². The summed E-state index contributed by atoms with van der Waals surface area (Å²) in [6.07, 6.45) is 16.4. The molecule has 0 bridgehead atoms. The minimum Gasteiger partial charge on any atom is -0.235 e. The van der Waals surface area contributed by atoms with Crippen LogP contribution in [0.15, 0.2) is 0 Å². The molecule has 2 rings (SSSR count). The van der Waals surface area contributed by atoms with E-state index in [1.165, 1.54) is 70.4 Å². The van der Waals surface area contributed by atoms with Crippen LogP contribution >= 0.6 is 7.49 Å². The van der Waals surface area contributed by atoms with Crippen molar-refractivity contribution >= 4 is 7.49 Å². The molecule has 0 N–H and O–H groups in total. The first-order valence-corrected chi connectivity index (χ1v) is 10.8. The molecule has 0 aliphatic heterocycles. The van der Waals surface area contributed by atoms with Crippen molar-refractivity contribution in [2.24, 2.45) is 0 Å². The predicted molar refractivity (Wildman–Crippen MR) is 87.4 cm³/mol. The molecule has 0 amide bonds. The topological polar surface area (TPSA) is 9.23 Å². The van der Waals surface area contributed by atoms with Gasteiger partial charge in [-0.1, -0.05) is 12.8 Å². The first kappa shape index (κ1) is 15.8. The van der Waals surface area contributed by atoms with Crippen LogP contribution in [0.4, 0.5) is 0 Å². The quantitative estimate of drug-likeness (QED) is 0.560. The molecular formula is C17H34OP+. The summed E-state index contributed by atoms with van der Waals surface area (Å²) in [7, 11) is -1.18. The van der Waals surface area contributed by atoms with Crippen LogP contribution in [0, 0.1) is 0 Å². The highest BCUT2D eigenvalue weighted by Gasteiger charge is 2.53. The number of hydrogen-bond acceptors (Lipinski definition) is 1. The Balaban J connectivity index is 2.17. The Morgan fingerprint density at radius 2 is 1.26 bits per heavy atom. The lowest BCUT2D eigenvalue weighted by Gasteiger charge is -2.42. The van der Waals surface area contributed by atoms with Crippen molar-refractivity contribution in [2.75, 3.05) is 6.16 Å². The minimum absolute atomic E-state index is 0.428. The minimum atomic E-state index is -1.18. The van der Waals surface area contributed by atoms with Crippen LogP contribution in [0.1, 0.15) is 85.0 Å². The summed E-state index contributed by atoms with van der Waals surface area (Å²) in [5, 5.41) is 0. The Labute approximate surface area is 121 Å². The normalized spacial score (nSPS) is 24.0. The summed E-state index contributed by atoms with van der Waals surface area (Å²) in [5.74, 6) is 0. The number of hydrogen-bond donors (Lipinski definition) is 0. The maximum atomic E-state index is 6.78. The van der Waals surface area contributed by atoms with Crippen LogP contribution < -0.4 is 0 Å². The molecule has 0 saturated heterocycles. The van der Waals surface area contributed by atoms with Crippen LogP contribution in [0.25, 0.3) is 0 Å². The van der Waals surface area contributed by atoms with Crippen LogP contribution in [0.5, 0.6) is 0 Å². The highest BCUT2D eigenvalue weighted by molar-refractivity contribution is 7.72. The maximum Gasteiger partial charge on any atom is 0.151 e. The molecule has 0 aromatic carbocycles. The molecule has 0 atom stereocenters. The molecule has 2 saturated carbocycles. The van der Waals surface area contributed by atoms with Gasteiger partial charge in [0.25, 0.3) is 0 Å². The molecule has 2 aliphatic rings. The lowest BCUT2D eigenvalue weighted by Crippen LogP contribution is -2.32. The van der Waals surface area contributed by atoms with Crippen LogP contribution in [-0.2, 0) is 4.52 Å². The third-order valence-corrected chi connectivity index (χ3v) is 10.6. The second-order valence-electron chi connectivity index (χ2n) is 6.91. The van der Waals surface area contributed by atoms with E-state index >= 15 is 0 Å². The van der Waals surface area contributed by atoms with Gasteiger partial charge in [0.1, 0.15) is 0 Å². The highest BCUT2D eigenvalue weighted by Crippen LogP contribution is 2.73. The second-order valence-corrected chi connectivity index (χ2v) is 10.9. The van der Waals surface area contributed by atoms with Crippen molar-refractivity contribution in [1.82, 2.24) is 0 Å². The van der Waals surface area contributed by atoms with E-state index in [9.17, 15) is 0 Å². The summed E-state index contributed by atoms with van der Waals surface area (Å²) in [5.41, 5.74) is 1.88. The Hall–Kier alpha value is 0.390. The van der Waals surface area contributed by atoms with Gasteiger partial charge < -0.3 is 0 Å². The molecule has 0 spiro atoms. The summed E-state index contributed by atoms with van der Waals surface area (Å²) in [6, 6.07) is 0. The molecule has 2 aliphatic carbocycles. The zero-order chi connectivity index (χ0) is 13.7. The van der Waals surface area contributed by atoms with Gasteiger partial charge in [-0.25, -0.2) is 4.52 Å². The Bertz CT molecular complexity index is 234. The molecule has 0 aromatic rings. The van der Waals surface area contributed by atoms with Crippen molar-refractivity contribution in [3.63, 3.8) is 0 Å². The smallest absolute Gasteiger partial charge is 0.151 e. The molecule has 0 radical (unpaired) electrons. The SMILES string of the molecule is CC[P+](OC(C)C)(C1CCCCC1)C1CCCCC1. The standard InChI is InChI=1S/C17H34OP/c1-4-19(18-15(2)3,16-11-7-5-8-12-16)17-13-9-6-10-14-17/h15-17H,4-14H2,1-3H3/q+1. The zero-order valence-corrected chi connectivity index (χ0v) is 14.3. The van der Waals surface area contributed by atoms with E-state index < -0.39 is 7.49 Å². The average molecular weight is 285 g/mol. The maximum absolute atomic E-state index is 6.78. The van der Waals surface area contributed by atoms with Gasteiger partial charge in [0.2, 0.25) is 0 Å².